The lowest BCUT2D eigenvalue weighted by Gasteiger charge is -2.42. The number of ether oxygens (including phenoxy) is 1. The molecule has 116 valence electrons. The maximum absolute atomic E-state index is 12.2. The Morgan fingerprint density at radius 1 is 1.52 bits per heavy atom. The summed E-state index contributed by atoms with van der Waals surface area (Å²) in [4.78, 5) is 14.2. The minimum atomic E-state index is -0.362. The highest BCUT2D eigenvalue weighted by Crippen LogP contribution is 2.22. The van der Waals surface area contributed by atoms with Gasteiger partial charge in [0.2, 0.25) is 5.91 Å². The second-order valence-corrected chi connectivity index (χ2v) is 6.73. The number of rotatable bonds is 4. The SMILES string of the molecule is CC1(C)CN(CC(=O)Nc2ccccc2Br)CC(CO)O1. The Morgan fingerprint density at radius 3 is 2.90 bits per heavy atom. The van der Waals surface area contributed by atoms with E-state index in [2.05, 4.69) is 21.2 Å². The van der Waals surface area contributed by atoms with Crippen LogP contribution in [0.4, 0.5) is 5.69 Å². The number of carbonyl (C=O) groups excluding carboxylic acids is 1. The van der Waals surface area contributed by atoms with Gasteiger partial charge in [-0.1, -0.05) is 12.1 Å². The number of nitrogens with one attached hydrogen (secondary N) is 1. The summed E-state index contributed by atoms with van der Waals surface area (Å²) in [5.74, 6) is -0.0729. The van der Waals surface area contributed by atoms with Crippen LogP contribution in [0.1, 0.15) is 13.8 Å². The molecule has 1 amide bonds. The van der Waals surface area contributed by atoms with E-state index in [1.807, 2.05) is 43.0 Å². The summed E-state index contributed by atoms with van der Waals surface area (Å²) in [5.41, 5.74) is 0.396. The molecule has 5 nitrogen and oxygen atoms in total. The van der Waals surface area contributed by atoms with Gasteiger partial charge in [-0.05, 0) is 41.9 Å². The Labute approximate surface area is 133 Å². The topological polar surface area (TPSA) is 61.8 Å². The maximum atomic E-state index is 12.2. The van der Waals surface area contributed by atoms with Gasteiger partial charge in [0.1, 0.15) is 0 Å². The van der Waals surface area contributed by atoms with E-state index in [0.29, 0.717) is 13.1 Å². The Hall–Kier alpha value is -0.950. The van der Waals surface area contributed by atoms with Crippen LogP contribution in [0.15, 0.2) is 28.7 Å². The highest BCUT2D eigenvalue weighted by atomic mass is 79.9. The molecule has 2 rings (SSSR count). The number of para-hydroxylation sites is 1. The Morgan fingerprint density at radius 2 is 2.24 bits per heavy atom. The molecule has 1 unspecified atom stereocenters. The van der Waals surface area contributed by atoms with Crippen LogP contribution in [0, 0.1) is 0 Å². The van der Waals surface area contributed by atoms with Crippen LogP contribution >= 0.6 is 15.9 Å². The van der Waals surface area contributed by atoms with Gasteiger partial charge < -0.3 is 15.2 Å². The first kappa shape index (κ1) is 16.4. The lowest BCUT2D eigenvalue weighted by molar-refractivity contribution is -0.151. The molecule has 0 saturated carbocycles. The second-order valence-electron chi connectivity index (χ2n) is 5.88. The molecule has 0 aliphatic carbocycles. The fraction of sp³-hybridized carbons (Fsp3) is 0.533. The van der Waals surface area contributed by atoms with Gasteiger partial charge >= 0.3 is 0 Å². The number of aliphatic hydroxyl groups excluding tert-OH is 1. The van der Waals surface area contributed by atoms with Crippen molar-refractivity contribution in [3.05, 3.63) is 28.7 Å². The first-order valence-corrected chi connectivity index (χ1v) is 7.74. The minimum absolute atomic E-state index is 0.0359. The quantitative estimate of drug-likeness (QED) is 0.864. The number of benzene rings is 1. The van der Waals surface area contributed by atoms with E-state index < -0.39 is 0 Å². The first-order valence-electron chi connectivity index (χ1n) is 6.95. The van der Waals surface area contributed by atoms with Crippen molar-refractivity contribution < 1.29 is 14.6 Å². The summed E-state index contributed by atoms with van der Waals surface area (Å²) in [6.45, 7) is 5.40. The van der Waals surface area contributed by atoms with E-state index in [1.54, 1.807) is 0 Å². The zero-order chi connectivity index (χ0) is 15.5. The van der Waals surface area contributed by atoms with Crippen LogP contribution in [0.3, 0.4) is 0 Å². The van der Waals surface area contributed by atoms with Crippen LogP contribution in [-0.2, 0) is 9.53 Å². The lowest BCUT2D eigenvalue weighted by atomic mass is 10.1. The number of anilines is 1. The molecule has 2 N–H and O–H groups in total. The summed E-state index contributed by atoms with van der Waals surface area (Å²) in [5, 5.41) is 12.2. The molecule has 0 spiro atoms. The molecule has 1 heterocycles. The van der Waals surface area contributed by atoms with Crippen LogP contribution in [0.25, 0.3) is 0 Å². The molecule has 0 aromatic heterocycles. The number of hydrogen-bond acceptors (Lipinski definition) is 4. The molecular formula is C15H21BrN2O3. The molecule has 1 aromatic rings. The van der Waals surface area contributed by atoms with Gasteiger partial charge in [-0.25, -0.2) is 0 Å². The van der Waals surface area contributed by atoms with Crippen molar-refractivity contribution in [2.24, 2.45) is 0 Å². The molecule has 0 radical (unpaired) electrons. The van der Waals surface area contributed by atoms with E-state index >= 15 is 0 Å². The van der Waals surface area contributed by atoms with Crippen molar-refractivity contribution in [3.63, 3.8) is 0 Å². The maximum Gasteiger partial charge on any atom is 0.238 e. The molecule has 6 heteroatoms. The van der Waals surface area contributed by atoms with Gasteiger partial charge in [-0.2, -0.15) is 0 Å². The van der Waals surface area contributed by atoms with Crippen LogP contribution < -0.4 is 5.32 Å². The summed E-state index contributed by atoms with van der Waals surface area (Å²) >= 11 is 3.41. The summed E-state index contributed by atoms with van der Waals surface area (Å²) < 4.78 is 6.60. The van der Waals surface area contributed by atoms with Crippen molar-refractivity contribution in [1.82, 2.24) is 4.90 Å². The molecule has 1 fully saturated rings. The summed E-state index contributed by atoms with van der Waals surface area (Å²) in [7, 11) is 0. The van der Waals surface area contributed by atoms with E-state index in [9.17, 15) is 9.90 Å². The van der Waals surface area contributed by atoms with Gasteiger partial charge in [0.25, 0.3) is 0 Å². The van der Waals surface area contributed by atoms with Gasteiger partial charge in [0, 0.05) is 17.6 Å². The monoisotopic (exact) mass is 356 g/mol. The third-order valence-corrected chi connectivity index (χ3v) is 3.96. The molecule has 1 aliphatic rings. The lowest BCUT2D eigenvalue weighted by Crippen LogP contribution is -2.55. The fourth-order valence-corrected chi connectivity index (χ4v) is 2.97. The van der Waals surface area contributed by atoms with Gasteiger partial charge in [-0.15, -0.1) is 0 Å². The molecule has 0 bridgehead atoms. The highest BCUT2D eigenvalue weighted by Gasteiger charge is 2.33. The van der Waals surface area contributed by atoms with Crippen molar-refractivity contribution >= 4 is 27.5 Å². The minimum Gasteiger partial charge on any atom is -0.394 e. The Balaban J connectivity index is 1.94. The van der Waals surface area contributed by atoms with E-state index in [1.165, 1.54) is 0 Å². The smallest absolute Gasteiger partial charge is 0.238 e. The van der Waals surface area contributed by atoms with Crippen molar-refractivity contribution in [2.45, 2.75) is 25.6 Å². The number of hydrogen-bond donors (Lipinski definition) is 2. The average molecular weight is 357 g/mol. The van der Waals surface area contributed by atoms with Crippen LogP contribution in [0.2, 0.25) is 0 Å². The van der Waals surface area contributed by atoms with E-state index in [4.69, 9.17) is 4.74 Å². The number of amides is 1. The van der Waals surface area contributed by atoms with Gasteiger partial charge in [-0.3, -0.25) is 9.69 Å². The number of nitrogens with zero attached hydrogens (tertiary/aromatic N) is 1. The molecule has 1 atom stereocenters. The van der Waals surface area contributed by atoms with Crippen LogP contribution in [-0.4, -0.2) is 53.9 Å². The summed E-state index contributed by atoms with van der Waals surface area (Å²) in [6, 6.07) is 7.51. The van der Waals surface area contributed by atoms with E-state index in [0.717, 1.165) is 10.2 Å². The predicted molar refractivity (Wildman–Crippen MR) is 85.2 cm³/mol. The Bertz CT molecular complexity index is 507. The molecule has 1 aromatic carbocycles. The average Bonchev–Trinajstić information content (AvgIpc) is 2.39. The molecular weight excluding hydrogens is 336 g/mol. The molecule has 21 heavy (non-hydrogen) atoms. The number of halogens is 1. The largest absolute Gasteiger partial charge is 0.394 e. The van der Waals surface area contributed by atoms with Gasteiger partial charge in [0.05, 0.1) is 30.5 Å². The van der Waals surface area contributed by atoms with Crippen LogP contribution in [0.5, 0.6) is 0 Å². The van der Waals surface area contributed by atoms with Gasteiger partial charge in [0.15, 0.2) is 0 Å². The number of aliphatic hydroxyl groups is 1. The third-order valence-electron chi connectivity index (χ3n) is 3.27. The number of morpholine rings is 1. The van der Waals surface area contributed by atoms with E-state index in [-0.39, 0.29) is 30.8 Å². The molecule has 1 saturated heterocycles. The first-order chi connectivity index (χ1) is 9.89. The summed E-state index contributed by atoms with van der Waals surface area (Å²) in [6.07, 6.45) is -0.245. The second kappa shape index (κ2) is 6.87. The van der Waals surface area contributed by atoms with Crippen molar-refractivity contribution in [1.29, 1.82) is 0 Å². The highest BCUT2D eigenvalue weighted by molar-refractivity contribution is 9.10. The van der Waals surface area contributed by atoms with Crippen molar-refractivity contribution in [3.8, 4) is 0 Å². The van der Waals surface area contributed by atoms with Crippen molar-refractivity contribution in [2.75, 3.05) is 31.6 Å². The Kier molecular flexibility index (Phi) is 5.37. The fourth-order valence-electron chi connectivity index (χ4n) is 2.59. The zero-order valence-corrected chi connectivity index (χ0v) is 13.9. The molecule has 1 aliphatic heterocycles. The normalized spacial score (nSPS) is 22.0. The standard InChI is InChI=1S/C15H21BrN2O3/c1-15(2)10-18(7-11(9-19)21-15)8-14(20)17-13-6-4-3-5-12(13)16/h3-6,11,19H,7-10H2,1-2H3,(H,17,20). The predicted octanol–water partition coefficient (Wildman–Crippen LogP) is 1.86. The number of carbonyl (C=O) groups is 1. The third kappa shape index (κ3) is 4.78. The zero-order valence-electron chi connectivity index (χ0n) is 12.3.